The second kappa shape index (κ2) is 6.84. The number of hydrogen-bond acceptors (Lipinski definition) is 7. The van der Waals surface area contributed by atoms with E-state index in [4.69, 9.17) is 9.15 Å². The van der Waals surface area contributed by atoms with E-state index >= 15 is 0 Å². The average molecular weight is 345 g/mol. The minimum absolute atomic E-state index is 0.115. The quantitative estimate of drug-likeness (QED) is 0.706. The van der Waals surface area contributed by atoms with Crippen LogP contribution in [0.5, 0.6) is 0 Å². The van der Waals surface area contributed by atoms with Crippen molar-refractivity contribution in [3.8, 4) is 11.5 Å². The third-order valence-electron chi connectivity index (χ3n) is 4.11. The molecule has 0 amide bonds. The van der Waals surface area contributed by atoms with E-state index in [1.807, 2.05) is 23.1 Å². The minimum atomic E-state index is 0.115. The van der Waals surface area contributed by atoms with Crippen LogP contribution in [0.15, 0.2) is 33.9 Å². The normalized spacial score (nSPS) is 19.0. The van der Waals surface area contributed by atoms with E-state index in [1.165, 1.54) is 0 Å². The topological polar surface area (TPSA) is 69.2 Å². The first-order chi connectivity index (χ1) is 11.8. The Morgan fingerprint density at radius 2 is 2.38 bits per heavy atom. The number of oxazole rings is 1. The van der Waals surface area contributed by atoms with E-state index in [-0.39, 0.29) is 6.10 Å². The van der Waals surface area contributed by atoms with Gasteiger partial charge in [-0.05, 0) is 18.4 Å². The van der Waals surface area contributed by atoms with Gasteiger partial charge >= 0.3 is 0 Å². The Morgan fingerprint density at radius 1 is 1.42 bits per heavy atom. The molecule has 126 valence electrons. The summed E-state index contributed by atoms with van der Waals surface area (Å²) in [4.78, 5) is 11.0. The molecule has 0 saturated carbocycles. The molecule has 1 aliphatic rings. The number of thiophene rings is 1. The molecule has 3 aromatic rings. The summed E-state index contributed by atoms with van der Waals surface area (Å²) < 4.78 is 13.5. The van der Waals surface area contributed by atoms with Crippen LogP contribution in [0, 0.1) is 6.92 Å². The highest BCUT2D eigenvalue weighted by Gasteiger charge is 2.23. The summed E-state index contributed by atoms with van der Waals surface area (Å²) in [7, 11) is 0. The molecule has 1 fully saturated rings. The van der Waals surface area contributed by atoms with Crippen molar-refractivity contribution in [2.45, 2.75) is 26.1 Å². The van der Waals surface area contributed by atoms with Crippen molar-refractivity contribution >= 4 is 11.3 Å². The standard InChI is InChI=1S/C16H19N5O2S/c1-12-15(19-16(23-12)13-2-5-24-9-13)8-20-3-4-22-14(6-20)7-21-11-17-10-18-21/h2,5,9-11,14H,3-4,6-8H2,1H3/t14-/m1/s1. The van der Waals surface area contributed by atoms with Gasteiger partial charge in [0, 0.05) is 30.6 Å². The zero-order chi connectivity index (χ0) is 16.4. The fourth-order valence-corrected chi connectivity index (χ4v) is 3.50. The first-order valence-electron chi connectivity index (χ1n) is 7.93. The molecule has 0 aliphatic carbocycles. The molecule has 0 unspecified atom stereocenters. The lowest BCUT2D eigenvalue weighted by Gasteiger charge is -2.32. The molecule has 1 atom stereocenters. The van der Waals surface area contributed by atoms with Gasteiger partial charge < -0.3 is 9.15 Å². The van der Waals surface area contributed by atoms with Gasteiger partial charge in [0.05, 0.1) is 24.9 Å². The van der Waals surface area contributed by atoms with E-state index in [1.54, 1.807) is 24.0 Å². The summed E-state index contributed by atoms with van der Waals surface area (Å²) in [5.74, 6) is 1.59. The molecule has 24 heavy (non-hydrogen) atoms. The van der Waals surface area contributed by atoms with Crippen LogP contribution >= 0.6 is 11.3 Å². The van der Waals surface area contributed by atoms with E-state index in [0.717, 1.165) is 36.7 Å². The molecule has 0 bridgehead atoms. The fourth-order valence-electron chi connectivity index (χ4n) is 2.87. The Balaban J connectivity index is 1.41. The third-order valence-corrected chi connectivity index (χ3v) is 4.80. The lowest BCUT2D eigenvalue weighted by Crippen LogP contribution is -2.43. The van der Waals surface area contributed by atoms with Crippen LogP contribution in [0.3, 0.4) is 0 Å². The van der Waals surface area contributed by atoms with Crippen LogP contribution in [0.4, 0.5) is 0 Å². The molecule has 4 heterocycles. The summed E-state index contributed by atoms with van der Waals surface area (Å²) in [6, 6.07) is 2.03. The van der Waals surface area contributed by atoms with Crippen LogP contribution in [0.25, 0.3) is 11.5 Å². The minimum Gasteiger partial charge on any atom is -0.441 e. The smallest absolute Gasteiger partial charge is 0.227 e. The van der Waals surface area contributed by atoms with Gasteiger partial charge in [0.1, 0.15) is 18.4 Å². The summed E-state index contributed by atoms with van der Waals surface area (Å²) in [5.41, 5.74) is 2.04. The fraction of sp³-hybridized carbons (Fsp3) is 0.438. The molecule has 1 saturated heterocycles. The van der Waals surface area contributed by atoms with Gasteiger partial charge in [0.25, 0.3) is 0 Å². The Hall–Kier alpha value is -2.03. The zero-order valence-electron chi connectivity index (χ0n) is 13.5. The summed E-state index contributed by atoms with van der Waals surface area (Å²) in [5, 5.41) is 8.23. The number of morpholine rings is 1. The van der Waals surface area contributed by atoms with Gasteiger partial charge in [-0.1, -0.05) is 0 Å². The monoisotopic (exact) mass is 345 g/mol. The lowest BCUT2D eigenvalue weighted by molar-refractivity contribution is -0.0406. The van der Waals surface area contributed by atoms with Crippen molar-refractivity contribution in [2.75, 3.05) is 19.7 Å². The summed E-state index contributed by atoms with van der Waals surface area (Å²) >= 11 is 1.65. The Morgan fingerprint density at radius 3 is 3.17 bits per heavy atom. The number of nitrogens with zero attached hydrogens (tertiary/aromatic N) is 5. The van der Waals surface area contributed by atoms with Gasteiger partial charge in [-0.15, -0.1) is 0 Å². The number of aromatic nitrogens is 4. The molecule has 0 N–H and O–H groups in total. The van der Waals surface area contributed by atoms with Crippen molar-refractivity contribution in [3.05, 3.63) is 40.9 Å². The second-order valence-corrected chi connectivity index (χ2v) is 6.66. The van der Waals surface area contributed by atoms with E-state index < -0.39 is 0 Å². The highest BCUT2D eigenvalue weighted by Crippen LogP contribution is 2.24. The largest absolute Gasteiger partial charge is 0.441 e. The lowest BCUT2D eigenvalue weighted by atomic mass is 10.2. The Labute approximate surface area is 143 Å². The molecular formula is C16H19N5O2S. The van der Waals surface area contributed by atoms with Crippen molar-refractivity contribution in [1.82, 2.24) is 24.6 Å². The van der Waals surface area contributed by atoms with Crippen LogP contribution in [0.1, 0.15) is 11.5 Å². The molecule has 1 aliphatic heterocycles. The Bertz CT molecular complexity index is 769. The molecule has 8 heteroatoms. The average Bonchev–Trinajstić information content (AvgIpc) is 3.31. The summed E-state index contributed by atoms with van der Waals surface area (Å²) in [6.07, 6.45) is 3.38. The molecule has 0 aromatic carbocycles. The predicted octanol–water partition coefficient (Wildman–Crippen LogP) is 2.20. The second-order valence-electron chi connectivity index (χ2n) is 5.88. The third kappa shape index (κ3) is 3.40. The van der Waals surface area contributed by atoms with Crippen LogP contribution in [-0.2, 0) is 17.8 Å². The predicted molar refractivity (Wildman–Crippen MR) is 89.6 cm³/mol. The van der Waals surface area contributed by atoms with E-state index in [2.05, 4.69) is 25.3 Å². The maximum absolute atomic E-state index is 5.84. The first-order valence-corrected chi connectivity index (χ1v) is 8.87. The van der Waals surface area contributed by atoms with Gasteiger partial charge in [-0.2, -0.15) is 16.4 Å². The zero-order valence-corrected chi connectivity index (χ0v) is 14.3. The SMILES string of the molecule is Cc1oc(-c2ccsc2)nc1CN1CCO[C@@H](Cn2cncn2)C1. The molecule has 4 rings (SSSR count). The summed E-state index contributed by atoms with van der Waals surface area (Å²) in [6.45, 7) is 5.93. The molecule has 0 radical (unpaired) electrons. The highest BCUT2D eigenvalue weighted by molar-refractivity contribution is 7.08. The van der Waals surface area contributed by atoms with E-state index in [9.17, 15) is 0 Å². The molecular weight excluding hydrogens is 326 g/mol. The van der Waals surface area contributed by atoms with Crippen molar-refractivity contribution in [1.29, 1.82) is 0 Å². The number of rotatable bonds is 5. The van der Waals surface area contributed by atoms with Crippen molar-refractivity contribution < 1.29 is 9.15 Å². The van der Waals surface area contributed by atoms with E-state index in [0.29, 0.717) is 19.0 Å². The van der Waals surface area contributed by atoms with Gasteiger partial charge in [0.15, 0.2) is 0 Å². The van der Waals surface area contributed by atoms with Crippen LogP contribution < -0.4 is 0 Å². The number of ether oxygens (including phenoxy) is 1. The number of aryl methyl sites for hydroxylation is 1. The number of hydrogen-bond donors (Lipinski definition) is 0. The van der Waals surface area contributed by atoms with Gasteiger partial charge in [-0.3, -0.25) is 9.58 Å². The maximum atomic E-state index is 5.84. The van der Waals surface area contributed by atoms with Crippen molar-refractivity contribution in [2.24, 2.45) is 0 Å². The van der Waals surface area contributed by atoms with Crippen molar-refractivity contribution in [3.63, 3.8) is 0 Å². The molecule has 7 nitrogen and oxygen atoms in total. The molecule has 3 aromatic heterocycles. The Kier molecular flexibility index (Phi) is 4.42. The first kappa shape index (κ1) is 15.5. The van der Waals surface area contributed by atoms with Gasteiger partial charge in [-0.25, -0.2) is 9.97 Å². The molecule has 0 spiro atoms. The van der Waals surface area contributed by atoms with Crippen LogP contribution in [0.2, 0.25) is 0 Å². The maximum Gasteiger partial charge on any atom is 0.227 e. The van der Waals surface area contributed by atoms with Crippen LogP contribution in [-0.4, -0.2) is 50.4 Å². The highest BCUT2D eigenvalue weighted by atomic mass is 32.1. The van der Waals surface area contributed by atoms with Gasteiger partial charge in [0.2, 0.25) is 5.89 Å².